The van der Waals surface area contributed by atoms with E-state index >= 15 is 0 Å². The quantitative estimate of drug-likeness (QED) is 0.0828. The van der Waals surface area contributed by atoms with Crippen molar-refractivity contribution >= 4 is 29.9 Å². The van der Waals surface area contributed by atoms with Gasteiger partial charge in [0.2, 0.25) is 5.76 Å². The normalized spacial score (nSPS) is 10.9. The Kier molecular flexibility index (Phi) is 8.32. The van der Waals surface area contributed by atoms with Gasteiger partial charge in [-0.1, -0.05) is 23.9 Å². The summed E-state index contributed by atoms with van der Waals surface area (Å²) in [4.78, 5) is 33.4. The average molecular weight is 517 g/mol. The molecular weight excluding hydrogens is 492 g/mol. The maximum atomic E-state index is 12.5. The van der Waals surface area contributed by atoms with Crippen LogP contribution in [-0.2, 0) is 5.75 Å². The SMILES string of the molecule is COc1cc(/C=N/NC(=O)c2ccc(CSc3nc(C)cc(C)n3)cc2)ccc1OC(=O)c1ccco1. The highest BCUT2D eigenvalue weighted by Gasteiger charge is 2.15. The van der Waals surface area contributed by atoms with Crippen LogP contribution in [0.4, 0.5) is 0 Å². The van der Waals surface area contributed by atoms with Crippen LogP contribution in [0.2, 0.25) is 0 Å². The zero-order valence-electron chi connectivity index (χ0n) is 20.4. The standard InChI is InChI=1S/C27H24N4O5S/c1-17-13-18(2)30-27(29-17)37-16-19-6-9-21(10-7-19)25(32)31-28-15-20-8-11-22(24(14-20)34-3)36-26(33)23-5-4-12-35-23/h4-15H,16H2,1-3H3,(H,31,32)/b28-15+. The van der Waals surface area contributed by atoms with E-state index < -0.39 is 5.97 Å². The largest absolute Gasteiger partial charge is 0.493 e. The van der Waals surface area contributed by atoms with E-state index in [2.05, 4.69) is 20.5 Å². The summed E-state index contributed by atoms with van der Waals surface area (Å²) in [7, 11) is 1.46. The molecule has 0 saturated heterocycles. The van der Waals surface area contributed by atoms with Gasteiger partial charge in [-0.2, -0.15) is 5.10 Å². The van der Waals surface area contributed by atoms with E-state index in [9.17, 15) is 9.59 Å². The van der Waals surface area contributed by atoms with Crippen molar-refractivity contribution < 1.29 is 23.5 Å². The van der Waals surface area contributed by atoms with Gasteiger partial charge in [0.05, 0.1) is 19.6 Å². The molecule has 0 aliphatic rings. The smallest absolute Gasteiger partial charge is 0.379 e. The Hall–Kier alpha value is -4.44. The molecule has 0 unspecified atom stereocenters. The van der Waals surface area contributed by atoms with Gasteiger partial charge in [-0.25, -0.2) is 20.2 Å². The second kappa shape index (κ2) is 12.0. The van der Waals surface area contributed by atoms with Crippen LogP contribution >= 0.6 is 11.8 Å². The number of aromatic nitrogens is 2. The number of nitrogens with one attached hydrogen (secondary N) is 1. The molecule has 0 aliphatic carbocycles. The Morgan fingerprint density at radius 1 is 1.03 bits per heavy atom. The van der Waals surface area contributed by atoms with Crippen molar-refractivity contribution in [2.24, 2.45) is 5.10 Å². The number of methoxy groups -OCH3 is 1. The van der Waals surface area contributed by atoms with Gasteiger partial charge in [0.1, 0.15) is 0 Å². The predicted octanol–water partition coefficient (Wildman–Crippen LogP) is 4.97. The minimum Gasteiger partial charge on any atom is -0.493 e. The molecule has 0 atom stereocenters. The number of nitrogens with zero attached hydrogens (tertiary/aromatic N) is 3. The molecule has 4 rings (SSSR count). The molecule has 188 valence electrons. The molecule has 9 nitrogen and oxygen atoms in total. The summed E-state index contributed by atoms with van der Waals surface area (Å²) in [6, 6.07) is 17.2. The Labute approximate surface area is 217 Å². The maximum absolute atomic E-state index is 12.5. The molecule has 0 bridgehead atoms. The Morgan fingerprint density at radius 3 is 2.46 bits per heavy atom. The Morgan fingerprint density at radius 2 is 1.78 bits per heavy atom. The van der Waals surface area contributed by atoms with Gasteiger partial charge in [-0.05, 0) is 73.5 Å². The number of hydrogen-bond acceptors (Lipinski definition) is 9. The predicted molar refractivity (Wildman–Crippen MR) is 139 cm³/mol. The van der Waals surface area contributed by atoms with Crippen molar-refractivity contribution in [3.63, 3.8) is 0 Å². The Balaban J connectivity index is 1.31. The van der Waals surface area contributed by atoms with Crippen LogP contribution in [0.1, 0.15) is 43.4 Å². The van der Waals surface area contributed by atoms with Crippen molar-refractivity contribution in [1.82, 2.24) is 15.4 Å². The number of aryl methyl sites for hydroxylation is 2. The highest BCUT2D eigenvalue weighted by atomic mass is 32.2. The lowest BCUT2D eigenvalue weighted by Gasteiger charge is -2.09. The van der Waals surface area contributed by atoms with Crippen LogP contribution in [0.15, 0.2) is 81.6 Å². The van der Waals surface area contributed by atoms with Gasteiger partial charge in [-0.15, -0.1) is 0 Å². The lowest BCUT2D eigenvalue weighted by molar-refractivity contribution is 0.0696. The molecule has 1 amide bonds. The minimum atomic E-state index is -0.639. The van der Waals surface area contributed by atoms with Gasteiger partial charge >= 0.3 is 5.97 Å². The zero-order chi connectivity index (χ0) is 26.2. The van der Waals surface area contributed by atoms with Crippen LogP contribution in [-0.4, -0.2) is 35.2 Å². The van der Waals surface area contributed by atoms with Crippen LogP contribution in [0, 0.1) is 13.8 Å². The molecule has 10 heteroatoms. The summed E-state index contributed by atoms with van der Waals surface area (Å²) in [6.07, 6.45) is 2.85. The number of carbonyl (C=O) groups is 2. The number of thioether (sulfide) groups is 1. The number of amides is 1. The van der Waals surface area contributed by atoms with Crippen molar-refractivity contribution in [3.05, 3.63) is 101 Å². The fraction of sp³-hybridized carbons (Fsp3) is 0.148. The number of hydrogen-bond donors (Lipinski definition) is 1. The second-order valence-corrected chi connectivity index (χ2v) is 8.84. The highest BCUT2D eigenvalue weighted by molar-refractivity contribution is 7.98. The average Bonchev–Trinajstić information content (AvgIpc) is 3.43. The summed E-state index contributed by atoms with van der Waals surface area (Å²) in [5.74, 6) is 0.349. The highest BCUT2D eigenvalue weighted by Crippen LogP contribution is 2.28. The molecule has 0 radical (unpaired) electrons. The van der Waals surface area contributed by atoms with Crippen LogP contribution in [0.25, 0.3) is 0 Å². The summed E-state index contributed by atoms with van der Waals surface area (Å²) in [5.41, 5.74) is 6.54. The Bertz CT molecular complexity index is 1400. The van der Waals surface area contributed by atoms with Crippen molar-refractivity contribution in [1.29, 1.82) is 0 Å². The number of benzene rings is 2. The van der Waals surface area contributed by atoms with E-state index in [-0.39, 0.29) is 17.4 Å². The first kappa shape index (κ1) is 25.6. The van der Waals surface area contributed by atoms with E-state index in [0.29, 0.717) is 22.6 Å². The van der Waals surface area contributed by atoms with Gasteiger partial charge in [0, 0.05) is 22.7 Å². The number of hydrazone groups is 1. The monoisotopic (exact) mass is 516 g/mol. The zero-order valence-corrected chi connectivity index (χ0v) is 21.2. The molecule has 1 N–H and O–H groups in total. The van der Waals surface area contributed by atoms with Crippen molar-refractivity contribution in [2.75, 3.05) is 7.11 Å². The van der Waals surface area contributed by atoms with Crippen molar-refractivity contribution in [3.8, 4) is 11.5 Å². The number of ether oxygens (including phenoxy) is 2. The minimum absolute atomic E-state index is 0.0811. The van der Waals surface area contributed by atoms with Crippen LogP contribution < -0.4 is 14.9 Å². The fourth-order valence-electron chi connectivity index (χ4n) is 3.28. The number of rotatable bonds is 9. The molecule has 2 aromatic carbocycles. The number of esters is 1. The summed E-state index contributed by atoms with van der Waals surface area (Å²) in [6.45, 7) is 3.89. The van der Waals surface area contributed by atoms with Gasteiger partial charge < -0.3 is 13.9 Å². The third kappa shape index (κ3) is 7.05. The summed E-state index contributed by atoms with van der Waals surface area (Å²) >= 11 is 1.55. The molecule has 0 saturated carbocycles. The molecule has 4 aromatic rings. The van der Waals surface area contributed by atoms with Gasteiger partial charge in [0.25, 0.3) is 5.91 Å². The van der Waals surface area contributed by atoms with E-state index in [0.717, 1.165) is 22.1 Å². The first-order valence-corrected chi connectivity index (χ1v) is 12.2. The first-order chi connectivity index (χ1) is 17.9. The fourth-order valence-corrected chi connectivity index (χ4v) is 4.19. The molecular formula is C27H24N4O5S. The van der Waals surface area contributed by atoms with E-state index in [4.69, 9.17) is 13.9 Å². The topological polar surface area (TPSA) is 116 Å². The second-order valence-electron chi connectivity index (χ2n) is 7.90. The van der Waals surface area contributed by atoms with E-state index in [1.54, 1.807) is 48.2 Å². The maximum Gasteiger partial charge on any atom is 0.379 e. The lowest BCUT2D eigenvalue weighted by Crippen LogP contribution is -2.17. The third-order valence-electron chi connectivity index (χ3n) is 5.04. The van der Waals surface area contributed by atoms with Gasteiger partial charge in [-0.3, -0.25) is 4.79 Å². The molecule has 0 spiro atoms. The van der Waals surface area contributed by atoms with E-state index in [1.165, 1.54) is 25.7 Å². The van der Waals surface area contributed by atoms with Crippen LogP contribution in [0.5, 0.6) is 11.5 Å². The molecule has 2 aromatic heterocycles. The molecule has 0 fully saturated rings. The number of carbonyl (C=O) groups excluding carboxylic acids is 2. The van der Waals surface area contributed by atoms with Crippen molar-refractivity contribution in [2.45, 2.75) is 24.8 Å². The summed E-state index contributed by atoms with van der Waals surface area (Å²) in [5, 5.41) is 4.75. The first-order valence-electron chi connectivity index (χ1n) is 11.2. The lowest BCUT2D eigenvalue weighted by atomic mass is 10.1. The molecule has 37 heavy (non-hydrogen) atoms. The van der Waals surface area contributed by atoms with Crippen LogP contribution in [0.3, 0.4) is 0 Å². The van der Waals surface area contributed by atoms with Gasteiger partial charge in [0.15, 0.2) is 16.7 Å². The molecule has 2 heterocycles. The molecule has 0 aliphatic heterocycles. The summed E-state index contributed by atoms with van der Waals surface area (Å²) < 4.78 is 15.7. The van der Waals surface area contributed by atoms with E-state index in [1.807, 2.05) is 32.0 Å². The third-order valence-corrected chi connectivity index (χ3v) is 5.96. The number of furan rings is 1.